The molecule has 0 saturated heterocycles. The number of anilines is 1. The number of thiophene rings is 1. The number of benzene rings is 1. The molecule has 1 atom stereocenters. The molecule has 26 heavy (non-hydrogen) atoms. The summed E-state index contributed by atoms with van der Waals surface area (Å²) in [5.41, 5.74) is 1.86. The number of carbonyl (C=O) groups is 1. The van der Waals surface area contributed by atoms with Crippen molar-refractivity contribution in [2.24, 2.45) is 0 Å². The van der Waals surface area contributed by atoms with Gasteiger partial charge in [0.25, 0.3) is 0 Å². The number of aromatic nitrogens is 2. The van der Waals surface area contributed by atoms with Gasteiger partial charge in [0.05, 0.1) is 5.39 Å². The van der Waals surface area contributed by atoms with Crippen LogP contribution in [0.15, 0.2) is 36.0 Å². The van der Waals surface area contributed by atoms with Crippen molar-refractivity contribution in [3.63, 3.8) is 0 Å². The molecule has 0 radical (unpaired) electrons. The number of rotatable bonds is 7. The summed E-state index contributed by atoms with van der Waals surface area (Å²) in [6.45, 7) is 4.50. The van der Waals surface area contributed by atoms with Crippen LogP contribution in [0.3, 0.4) is 0 Å². The first-order chi connectivity index (χ1) is 12.6. The summed E-state index contributed by atoms with van der Waals surface area (Å²) in [6.07, 6.45) is 2.78. The molecule has 0 bridgehead atoms. The van der Waals surface area contributed by atoms with E-state index in [9.17, 15) is 9.18 Å². The van der Waals surface area contributed by atoms with Gasteiger partial charge in [0, 0.05) is 30.0 Å². The molecule has 0 aliphatic rings. The molecular formula is C19H21FN4OS. The monoisotopic (exact) mass is 372 g/mol. The number of carbonyl (C=O) groups excluding carboxylic acids is 1. The van der Waals surface area contributed by atoms with Gasteiger partial charge >= 0.3 is 0 Å². The van der Waals surface area contributed by atoms with Crippen molar-refractivity contribution >= 4 is 33.3 Å². The minimum absolute atomic E-state index is 0.0150. The lowest BCUT2D eigenvalue weighted by Crippen LogP contribution is -2.33. The maximum Gasteiger partial charge on any atom is 0.221 e. The van der Waals surface area contributed by atoms with E-state index in [0.29, 0.717) is 18.8 Å². The summed E-state index contributed by atoms with van der Waals surface area (Å²) in [6, 6.07) is 6.54. The van der Waals surface area contributed by atoms with Gasteiger partial charge in [0.1, 0.15) is 22.8 Å². The molecule has 7 heteroatoms. The Bertz CT molecular complexity index is 894. The number of hydrogen-bond acceptors (Lipinski definition) is 5. The van der Waals surface area contributed by atoms with E-state index in [1.54, 1.807) is 12.1 Å². The summed E-state index contributed by atoms with van der Waals surface area (Å²) < 4.78 is 13.2. The van der Waals surface area contributed by atoms with Crippen LogP contribution in [-0.4, -0.2) is 28.5 Å². The maximum absolute atomic E-state index is 13.2. The third-order valence-corrected chi connectivity index (χ3v) is 5.08. The molecule has 2 heterocycles. The zero-order chi connectivity index (χ0) is 18.5. The second-order valence-electron chi connectivity index (χ2n) is 6.11. The van der Waals surface area contributed by atoms with Crippen LogP contribution >= 0.6 is 11.3 Å². The van der Waals surface area contributed by atoms with Crippen molar-refractivity contribution in [2.75, 3.05) is 11.9 Å². The number of amides is 1. The number of fused-ring (bicyclic) bond motifs is 1. The van der Waals surface area contributed by atoms with E-state index in [4.69, 9.17) is 0 Å². The Morgan fingerprint density at radius 3 is 2.77 bits per heavy atom. The molecule has 136 valence electrons. The van der Waals surface area contributed by atoms with Crippen LogP contribution in [0.4, 0.5) is 10.2 Å². The highest BCUT2D eigenvalue weighted by Gasteiger charge is 2.13. The lowest BCUT2D eigenvalue weighted by atomic mass is 10.1. The van der Waals surface area contributed by atoms with E-state index in [1.165, 1.54) is 29.8 Å². The molecule has 1 aromatic carbocycles. The minimum Gasteiger partial charge on any atom is -0.369 e. The zero-order valence-electron chi connectivity index (χ0n) is 14.8. The quantitative estimate of drug-likeness (QED) is 0.652. The topological polar surface area (TPSA) is 66.9 Å². The van der Waals surface area contributed by atoms with E-state index in [1.807, 2.05) is 19.2 Å². The molecule has 0 fully saturated rings. The fourth-order valence-corrected chi connectivity index (χ4v) is 3.51. The van der Waals surface area contributed by atoms with Gasteiger partial charge in [-0.1, -0.05) is 19.1 Å². The third kappa shape index (κ3) is 4.16. The van der Waals surface area contributed by atoms with Crippen LogP contribution in [0.25, 0.3) is 21.3 Å². The molecule has 2 N–H and O–H groups in total. The molecule has 1 unspecified atom stereocenters. The average Bonchev–Trinajstić information content (AvgIpc) is 3.07. The largest absolute Gasteiger partial charge is 0.369 e. The van der Waals surface area contributed by atoms with Crippen molar-refractivity contribution in [1.29, 1.82) is 0 Å². The Morgan fingerprint density at radius 1 is 1.27 bits per heavy atom. The molecule has 3 rings (SSSR count). The van der Waals surface area contributed by atoms with Crippen molar-refractivity contribution < 1.29 is 9.18 Å². The van der Waals surface area contributed by atoms with Crippen molar-refractivity contribution in [1.82, 2.24) is 15.3 Å². The molecule has 0 aliphatic heterocycles. The highest BCUT2D eigenvalue weighted by molar-refractivity contribution is 7.17. The molecule has 0 aliphatic carbocycles. The molecule has 0 spiro atoms. The normalized spacial score (nSPS) is 12.1. The van der Waals surface area contributed by atoms with E-state index in [0.717, 1.165) is 27.8 Å². The third-order valence-electron chi connectivity index (χ3n) is 4.19. The van der Waals surface area contributed by atoms with E-state index in [-0.39, 0.29) is 17.8 Å². The van der Waals surface area contributed by atoms with Gasteiger partial charge in [-0.05, 0) is 31.0 Å². The summed E-state index contributed by atoms with van der Waals surface area (Å²) in [7, 11) is 0. The SMILES string of the molecule is CCC(C)NC(=O)CCNc1ncnc2scc(-c3ccc(F)cc3)c12. The second-order valence-corrected chi connectivity index (χ2v) is 6.97. The molecule has 5 nitrogen and oxygen atoms in total. The second kappa shape index (κ2) is 8.23. The van der Waals surface area contributed by atoms with Gasteiger partial charge in [0.2, 0.25) is 5.91 Å². The summed E-state index contributed by atoms with van der Waals surface area (Å²) in [5.74, 6) is 0.434. The smallest absolute Gasteiger partial charge is 0.221 e. The number of hydrogen-bond donors (Lipinski definition) is 2. The van der Waals surface area contributed by atoms with Crippen LogP contribution in [0.1, 0.15) is 26.7 Å². The van der Waals surface area contributed by atoms with Crippen LogP contribution in [-0.2, 0) is 4.79 Å². The van der Waals surface area contributed by atoms with Crippen LogP contribution in [0, 0.1) is 5.82 Å². The van der Waals surface area contributed by atoms with Gasteiger partial charge < -0.3 is 10.6 Å². The van der Waals surface area contributed by atoms with Crippen LogP contribution in [0.2, 0.25) is 0 Å². The minimum atomic E-state index is -0.268. The fraction of sp³-hybridized carbons (Fsp3) is 0.316. The molecular weight excluding hydrogens is 351 g/mol. The Hall–Kier alpha value is -2.54. The number of nitrogens with zero attached hydrogens (tertiary/aromatic N) is 2. The lowest BCUT2D eigenvalue weighted by molar-refractivity contribution is -0.121. The van der Waals surface area contributed by atoms with Gasteiger partial charge in [-0.25, -0.2) is 14.4 Å². The van der Waals surface area contributed by atoms with Crippen LogP contribution < -0.4 is 10.6 Å². The van der Waals surface area contributed by atoms with Gasteiger partial charge in [-0.3, -0.25) is 4.79 Å². The van der Waals surface area contributed by atoms with Crippen LogP contribution in [0.5, 0.6) is 0 Å². The predicted octanol–water partition coefficient (Wildman–Crippen LogP) is 4.21. The molecule has 3 aromatic rings. The Labute approximate surface area is 155 Å². The lowest BCUT2D eigenvalue weighted by Gasteiger charge is -2.12. The van der Waals surface area contributed by atoms with Gasteiger partial charge in [-0.15, -0.1) is 11.3 Å². The first-order valence-corrected chi connectivity index (χ1v) is 9.47. The standard InChI is InChI=1S/C19H21FN4OS/c1-3-12(2)24-16(25)8-9-21-18-17-15(10-26-19(17)23-11-22-18)13-4-6-14(20)7-5-13/h4-7,10-12H,3,8-9H2,1-2H3,(H,24,25)(H,21,22,23). The fourth-order valence-electron chi connectivity index (χ4n) is 2.59. The van der Waals surface area contributed by atoms with E-state index in [2.05, 4.69) is 20.6 Å². The maximum atomic E-state index is 13.2. The Morgan fingerprint density at radius 2 is 2.04 bits per heavy atom. The first kappa shape index (κ1) is 18.3. The Kier molecular flexibility index (Phi) is 5.78. The molecule has 0 saturated carbocycles. The average molecular weight is 372 g/mol. The number of halogens is 1. The Balaban J connectivity index is 1.77. The van der Waals surface area contributed by atoms with Gasteiger partial charge in [0.15, 0.2) is 0 Å². The molecule has 1 amide bonds. The zero-order valence-corrected chi connectivity index (χ0v) is 15.6. The predicted molar refractivity (Wildman–Crippen MR) is 104 cm³/mol. The van der Waals surface area contributed by atoms with Crippen molar-refractivity contribution in [3.8, 4) is 11.1 Å². The summed E-state index contributed by atoms with van der Waals surface area (Å²) >= 11 is 1.51. The summed E-state index contributed by atoms with van der Waals surface area (Å²) in [5, 5.41) is 9.07. The van der Waals surface area contributed by atoms with E-state index >= 15 is 0 Å². The highest BCUT2D eigenvalue weighted by Crippen LogP contribution is 2.36. The van der Waals surface area contributed by atoms with Crippen molar-refractivity contribution in [3.05, 3.63) is 41.8 Å². The first-order valence-electron chi connectivity index (χ1n) is 8.60. The number of nitrogens with one attached hydrogen (secondary N) is 2. The highest BCUT2D eigenvalue weighted by atomic mass is 32.1. The van der Waals surface area contributed by atoms with Gasteiger partial charge in [-0.2, -0.15) is 0 Å². The summed E-state index contributed by atoms with van der Waals surface area (Å²) in [4.78, 5) is 21.4. The van der Waals surface area contributed by atoms with Crippen molar-refractivity contribution in [2.45, 2.75) is 32.7 Å². The van der Waals surface area contributed by atoms with E-state index < -0.39 is 0 Å². The molecule has 2 aromatic heterocycles.